The minimum atomic E-state index is -0.136. The van der Waals surface area contributed by atoms with Crippen LogP contribution in [0.15, 0.2) is 72.8 Å². The fourth-order valence-electron chi connectivity index (χ4n) is 4.41. The number of aromatic nitrogens is 1. The highest BCUT2D eigenvalue weighted by Gasteiger charge is 2.23. The summed E-state index contributed by atoms with van der Waals surface area (Å²) in [6.07, 6.45) is 2.48. The third kappa shape index (κ3) is 3.47. The molecule has 4 heteroatoms. The number of rotatable bonds is 4. The largest absolute Gasteiger partial charge is 0.508 e. The van der Waals surface area contributed by atoms with Crippen molar-refractivity contribution in [1.82, 2.24) is 4.98 Å². The van der Waals surface area contributed by atoms with Crippen molar-refractivity contribution in [3.8, 4) is 5.75 Å². The van der Waals surface area contributed by atoms with Gasteiger partial charge in [0.15, 0.2) is 0 Å². The van der Waals surface area contributed by atoms with Gasteiger partial charge in [-0.2, -0.15) is 0 Å². The molecule has 146 valence electrons. The van der Waals surface area contributed by atoms with E-state index in [-0.39, 0.29) is 11.7 Å². The summed E-state index contributed by atoms with van der Waals surface area (Å²) >= 11 is 6.32. The molecule has 1 aliphatic rings. The molecule has 2 N–H and O–H groups in total. The molecule has 0 aliphatic carbocycles. The normalized spacial score (nSPS) is 15.1. The molecule has 0 saturated carbocycles. The van der Waals surface area contributed by atoms with Crippen LogP contribution in [0.4, 0.5) is 5.69 Å². The van der Waals surface area contributed by atoms with Crippen molar-refractivity contribution in [2.24, 2.45) is 0 Å². The summed E-state index contributed by atoms with van der Waals surface area (Å²) in [5, 5.41) is 12.5. The first-order chi connectivity index (χ1) is 14.2. The molecule has 3 nitrogen and oxygen atoms in total. The van der Waals surface area contributed by atoms with Gasteiger partial charge in [0.2, 0.25) is 0 Å². The zero-order valence-electron chi connectivity index (χ0n) is 16.1. The number of anilines is 1. The lowest BCUT2D eigenvalue weighted by atomic mass is 9.87. The SMILES string of the molecule is Oc1ccc(Cl)cc1[C@@H](c1cccc(N2CCCC2)c1)c1cc2ccccc2[nH]1. The van der Waals surface area contributed by atoms with Gasteiger partial charge < -0.3 is 15.0 Å². The van der Waals surface area contributed by atoms with E-state index in [1.54, 1.807) is 12.1 Å². The van der Waals surface area contributed by atoms with E-state index in [0.29, 0.717) is 5.02 Å². The van der Waals surface area contributed by atoms with Gasteiger partial charge in [0.25, 0.3) is 0 Å². The Morgan fingerprint density at radius 3 is 2.55 bits per heavy atom. The van der Waals surface area contributed by atoms with E-state index in [1.807, 2.05) is 18.2 Å². The molecule has 1 aliphatic heterocycles. The molecule has 0 amide bonds. The van der Waals surface area contributed by atoms with E-state index in [4.69, 9.17) is 11.6 Å². The Morgan fingerprint density at radius 1 is 0.897 bits per heavy atom. The first kappa shape index (κ1) is 18.1. The molecule has 4 aromatic rings. The van der Waals surface area contributed by atoms with Gasteiger partial charge >= 0.3 is 0 Å². The fourth-order valence-corrected chi connectivity index (χ4v) is 4.59. The van der Waals surface area contributed by atoms with Crippen LogP contribution in [0, 0.1) is 0 Å². The number of aromatic amines is 1. The van der Waals surface area contributed by atoms with Crippen LogP contribution in [0.5, 0.6) is 5.75 Å². The first-order valence-electron chi connectivity index (χ1n) is 10.1. The van der Waals surface area contributed by atoms with Crippen LogP contribution in [0.3, 0.4) is 0 Å². The third-order valence-corrected chi connectivity index (χ3v) is 6.07. The smallest absolute Gasteiger partial charge is 0.119 e. The Morgan fingerprint density at radius 2 is 1.72 bits per heavy atom. The average molecular weight is 403 g/mol. The molecule has 5 rings (SSSR count). The van der Waals surface area contributed by atoms with Gasteiger partial charge in [-0.25, -0.2) is 0 Å². The third-order valence-electron chi connectivity index (χ3n) is 5.84. The zero-order valence-corrected chi connectivity index (χ0v) is 16.9. The summed E-state index contributed by atoms with van der Waals surface area (Å²) in [6, 6.07) is 24.4. The number of halogens is 1. The minimum Gasteiger partial charge on any atom is -0.508 e. The van der Waals surface area contributed by atoms with Crippen LogP contribution >= 0.6 is 11.6 Å². The molecule has 0 bridgehead atoms. The number of H-pyrrole nitrogens is 1. The highest BCUT2D eigenvalue weighted by atomic mass is 35.5. The molecular formula is C25H23ClN2O. The number of para-hydroxylation sites is 1. The molecule has 1 atom stereocenters. The molecule has 0 spiro atoms. The lowest BCUT2D eigenvalue weighted by molar-refractivity contribution is 0.467. The zero-order chi connectivity index (χ0) is 19.8. The maximum absolute atomic E-state index is 10.7. The van der Waals surface area contributed by atoms with Crippen molar-refractivity contribution in [1.29, 1.82) is 0 Å². The fraction of sp³-hybridized carbons (Fsp3) is 0.200. The van der Waals surface area contributed by atoms with E-state index in [9.17, 15) is 5.11 Å². The number of phenolic OH excluding ortho intramolecular Hbond substituents is 1. The molecule has 2 heterocycles. The van der Waals surface area contributed by atoms with Gasteiger partial charge in [0.05, 0.1) is 5.92 Å². The van der Waals surface area contributed by atoms with E-state index in [1.165, 1.54) is 18.5 Å². The molecule has 1 saturated heterocycles. The Bertz CT molecular complexity index is 1130. The summed E-state index contributed by atoms with van der Waals surface area (Å²) in [7, 11) is 0. The van der Waals surface area contributed by atoms with Crippen molar-refractivity contribution in [2.75, 3.05) is 18.0 Å². The van der Waals surface area contributed by atoms with Crippen molar-refractivity contribution in [3.05, 3.63) is 94.6 Å². The van der Waals surface area contributed by atoms with Crippen LogP contribution in [0.1, 0.15) is 35.6 Å². The predicted octanol–water partition coefficient (Wildman–Crippen LogP) is 6.31. The van der Waals surface area contributed by atoms with Crippen molar-refractivity contribution >= 4 is 28.2 Å². The van der Waals surface area contributed by atoms with Gasteiger partial charge in [0.1, 0.15) is 5.75 Å². The second kappa shape index (κ2) is 7.49. The second-order valence-corrected chi connectivity index (χ2v) is 8.17. The Labute approximate surface area is 175 Å². The molecule has 0 unspecified atom stereocenters. The number of fused-ring (bicyclic) bond motifs is 1. The van der Waals surface area contributed by atoms with E-state index >= 15 is 0 Å². The summed E-state index contributed by atoms with van der Waals surface area (Å²) in [4.78, 5) is 5.99. The summed E-state index contributed by atoms with van der Waals surface area (Å²) in [5.41, 5.74) is 5.32. The number of aromatic hydroxyl groups is 1. The first-order valence-corrected chi connectivity index (χ1v) is 10.5. The highest BCUT2D eigenvalue weighted by Crippen LogP contribution is 2.40. The van der Waals surface area contributed by atoms with Crippen LogP contribution in [0.2, 0.25) is 5.02 Å². The number of hydrogen-bond donors (Lipinski definition) is 2. The van der Waals surface area contributed by atoms with Crippen LogP contribution < -0.4 is 4.90 Å². The van der Waals surface area contributed by atoms with Gasteiger partial charge in [-0.15, -0.1) is 0 Å². The number of nitrogens with zero attached hydrogens (tertiary/aromatic N) is 1. The number of hydrogen-bond acceptors (Lipinski definition) is 2. The lowest BCUT2D eigenvalue weighted by Gasteiger charge is -2.22. The monoisotopic (exact) mass is 402 g/mol. The number of benzene rings is 3. The summed E-state index contributed by atoms with van der Waals surface area (Å²) in [5.74, 6) is 0.119. The molecular weight excluding hydrogens is 380 g/mol. The Kier molecular flexibility index (Phi) is 4.69. The van der Waals surface area contributed by atoms with Gasteiger partial charge in [-0.1, -0.05) is 41.9 Å². The maximum atomic E-state index is 10.7. The average Bonchev–Trinajstić information content (AvgIpc) is 3.41. The maximum Gasteiger partial charge on any atom is 0.119 e. The summed E-state index contributed by atoms with van der Waals surface area (Å²) in [6.45, 7) is 2.20. The van der Waals surface area contributed by atoms with Crippen LogP contribution in [-0.4, -0.2) is 23.2 Å². The molecule has 3 aromatic carbocycles. The van der Waals surface area contributed by atoms with Gasteiger partial charge in [0, 0.05) is 40.6 Å². The molecule has 1 aromatic heterocycles. The van der Waals surface area contributed by atoms with E-state index in [0.717, 1.165) is 40.8 Å². The second-order valence-electron chi connectivity index (χ2n) is 7.74. The highest BCUT2D eigenvalue weighted by molar-refractivity contribution is 6.30. The topological polar surface area (TPSA) is 39.3 Å². The van der Waals surface area contributed by atoms with Crippen molar-refractivity contribution in [3.63, 3.8) is 0 Å². The minimum absolute atomic E-state index is 0.136. The van der Waals surface area contributed by atoms with E-state index in [2.05, 4.69) is 52.3 Å². The molecule has 29 heavy (non-hydrogen) atoms. The number of nitrogens with one attached hydrogen (secondary N) is 1. The standard InChI is InChI=1S/C25H23ClN2O/c26-19-10-11-24(29)21(16-19)25(23-15-17-6-1-2-9-22(17)27-23)18-7-5-8-20(14-18)28-12-3-4-13-28/h1-2,5-11,14-16,25,27,29H,3-4,12-13H2/t25-/m1/s1. The quantitative estimate of drug-likeness (QED) is 0.420. The van der Waals surface area contributed by atoms with Crippen molar-refractivity contribution < 1.29 is 5.11 Å². The van der Waals surface area contributed by atoms with E-state index < -0.39 is 0 Å². The Balaban J connectivity index is 1.68. The predicted molar refractivity (Wildman–Crippen MR) is 120 cm³/mol. The van der Waals surface area contributed by atoms with Gasteiger partial charge in [-0.3, -0.25) is 0 Å². The summed E-state index contributed by atoms with van der Waals surface area (Å²) < 4.78 is 0. The van der Waals surface area contributed by atoms with Gasteiger partial charge in [-0.05, 0) is 66.3 Å². The Hall–Kier alpha value is -2.91. The number of phenols is 1. The molecule has 0 radical (unpaired) electrons. The van der Waals surface area contributed by atoms with Crippen LogP contribution in [-0.2, 0) is 0 Å². The molecule has 1 fully saturated rings. The van der Waals surface area contributed by atoms with Crippen LogP contribution in [0.25, 0.3) is 10.9 Å². The lowest BCUT2D eigenvalue weighted by Crippen LogP contribution is -2.18. The van der Waals surface area contributed by atoms with Crippen molar-refractivity contribution in [2.45, 2.75) is 18.8 Å².